The maximum atomic E-state index is 13.3. The Bertz CT molecular complexity index is 284. The second-order valence-corrected chi connectivity index (χ2v) is 4.79. The Labute approximate surface area is 89.7 Å². The van der Waals surface area contributed by atoms with Crippen molar-refractivity contribution < 1.29 is 22.7 Å². The molecule has 0 amide bonds. The van der Waals surface area contributed by atoms with E-state index in [9.17, 15) is 18.0 Å². The zero-order valence-electron chi connectivity index (χ0n) is 7.97. The van der Waals surface area contributed by atoms with Gasteiger partial charge in [0.25, 0.3) is 5.92 Å². The molecule has 2 nitrogen and oxygen atoms in total. The Morgan fingerprint density at radius 3 is 2.33 bits per heavy atom. The highest BCUT2D eigenvalue weighted by molar-refractivity contribution is 6.23. The lowest BCUT2D eigenvalue weighted by Gasteiger charge is -2.31. The average molecular weight is 243 g/mol. The molecule has 2 rings (SSSR count). The van der Waals surface area contributed by atoms with E-state index in [-0.39, 0.29) is 5.92 Å². The zero-order valence-corrected chi connectivity index (χ0v) is 8.73. The smallest absolute Gasteiger partial charge is 0.309 e. The molecule has 0 aliphatic heterocycles. The normalized spacial score (nSPS) is 46.9. The first-order valence-electron chi connectivity index (χ1n) is 4.63. The van der Waals surface area contributed by atoms with Crippen molar-refractivity contribution in [2.45, 2.75) is 23.9 Å². The number of hydrogen-bond donors (Lipinski definition) is 0. The number of carbonyl (C=O) groups excluding carboxylic acids is 1. The van der Waals surface area contributed by atoms with Crippen LogP contribution < -0.4 is 0 Å². The largest absolute Gasteiger partial charge is 0.469 e. The summed E-state index contributed by atoms with van der Waals surface area (Å²) in [7, 11) is 1.19. The van der Waals surface area contributed by atoms with Crippen molar-refractivity contribution >= 4 is 17.6 Å². The van der Waals surface area contributed by atoms with Gasteiger partial charge in [0.2, 0.25) is 5.13 Å². The molecule has 0 aromatic carbocycles. The Morgan fingerprint density at radius 2 is 1.87 bits per heavy atom. The van der Waals surface area contributed by atoms with Gasteiger partial charge < -0.3 is 4.74 Å². The molecule has 0 bridgehead atoms. The van der Waals surface area contributed by atoms with E-state index in [1.165, 1.54) is 7.11 Å². The molecular weight excluding hydrogens is 233 g/mol. The van der Waals surface area contributed by atoms with Crippen LogP contribution in [-0.2, 0) is 9.53 Å². The number of fused-ring (bicyclic) bond motifs is 1. The van der Waals surface area contributed by atoms with Gasteiger partial charge in [-0.1, -0.05) is 11.6 Å². The number of hydrogen-bond acceptors (Lipinski definition) is 2. The topological polar surface area (TPSA) is 26.3 Å². The Morgan fingerprint density at radius 1 is 1.33 bits per heavy atom. The highest BCUT2D eigenvalue weighted by Gasteiger charge is 2.70. The lowest BCUT2D eigenvalue weighted by atomic mass is 9.94. The summed E-state index contributed by atoms with van der Waals surface area (Å²) in [6, 6.07) is 0. The van der Waals surface area contributed by atoms with Crippen molar-refractivity contribution in [2.24, 2.45) is 17.8 Å². The summed E-state index contributed by atoms with van der Waals surface area (Å²) in [5.74, 6) is -5.57. The van der Waals surface area contributed by atoms with Gasteiger partial charge >= 0.3 is 5.97 Å². The number of methoxy groups -OCH3 is 1. The van der Waals surface area contributed by atoms with Gasteiger partial charge in [-0.3, -0.25) is 4.79 Å². The molecule has 4 atom stereocenters. The number of alkyl halides is 4. The van der Waals surface area contributed by atoms with Crippen LogP contribution in [0.3, 0.4) is 0 Å². The van der Waals surface area contributed by atoms with Gasteiger partial charge in [0, 0.05) is 12.8 Å². The second-order valence-electron chi connectivity index (χ2n) is 4.19. The molecule has 2 saturated carbocycles. The highest BCUT2D eigenvalue weighted by atomic mass is 35.5. The van der Waals surface area contributed by atoms with Crippen molar-refractivity contribution in [3.63, 3.8) is 0 Å². The first kappa shape index (κ1) is 11.0. The summed E-state index contributed by atoms with van der Waals surface area (Å²) < 4.78 is 44.1. The summed E-state index contributed by atoms with van der Waals surface area (Å²) in [5.41, 5.74) is 0. The van der Waals surface area contributed by atoms with Crippen molar-refractivity contribution in [3.05, 3.63) is 0 Å². The molecule has 1 unspecified atom stereocenters. The third-order valence-electron chi connectivity index (χ3n) is 3.32. The first-order valence-corrected chi connectivity index (χ1v) is 5.01. The maximum Gasteiger partial charge on any atom is 0.309 e. The van der Waals surface area contributed by atoms with Gasteiger partial charge in [-0.25, -0.2) is 13.2 Å². The van der Waals surface area contributed by atoms with Crippen LogP contribution >= 0.6 is 11.6 Å². The molecule has 15 heavy (non-hydrogen) atoms. The van der Waals surface area contributed by atoms with Crippen LogP contribution in [-0.4, -0.2) is 24.1 Å². The molecule has 0 spiro atoms. The van der Waals surface area contributed by atoms with Gasteiger partial charge in [0.15, 0.2) is 0 Å². The minimum absolute atomic E-state index is 0.389. The van der Waals surface area contributed by atoms with E-state index in [0.717, 1.165) is 0 Å². The fourth-order valence-electron chi connectivity index (χ4n) is 2.38. The minimum atomic E-state index is -3.56. The lowest BCUT2D eigenvalue weighted by Crippen LogP contribution is -2.43. The summed E-state index contributed by atoms with van der Waals surface area (Å²) in [5, 5.41) is -3.02. The van der Waals surface area contributed by atoms with Gasteiger partial charge in [0.1, 0.15) is 0 Å². The Kier molecular flexibility index (Phi) is 2.23. The Balaban J connectivity index is 2.12. The van der Waals surface area contributed by atoms with Crippen LogP contribution in [0.4, 0.5) is 13.2 Å². The van der Waals surface area contributed by atoms with Crippen LogP contribution in [0.5, 0.6) is 0 Å². The van der Waals surface area contributed by atoms with E-state index in [4.69, 9.17) is 11.6 Å². The molecule has 6 heteroatoms. The number of carbonyl (C=O) groups is 1. The number of ether oxygens (including phenoxy) is 1. The molecule has 0 aromatic rings. The highest BCUT2D eigenvalue weighted by Crippen LogP contribution is 2.64. The van der Waals surface area contributed by atoms with Crippen molar-refractivity contribution in [3.8, 4) is 0 Å². The van der Waals surface area contributed by atoms with Crippen molar-refractivity contribution in [1.29, 1.82) is 0 Å². The lowest BCUT2D eigenvalue weighted by molar-refractivity contribution is -0.142. The van der Waals surface area contributed by atoms with E-state index in [1.807, 2.05) is 0 Å². The molecule has 2 fully saturated rings. The molecule has 0 aromatic heterocycles. The van der Waals surface area contributed by atoms with Gasteiger partial charge in [-0.05, 0) is 11.8 Å². The molecule has 0 heterocycles. The van der Waals surface area contributed by atoms with E-state index in [1.54, 1.807) is 0 Å². The summed E-state index contributed by atoms with van der Waals surface area (Å²) in [4.78, 5) is 11.1. The average Bonchev–Trinajstić information content (AvgIpc) is 2.74. The third kappa shape index (κ3) is 1.51. The summed E-state index contributed by atoms with van der Waals surface area (Å²) in [6.45, 7) is 0. The fourth-order valence-corrected chi connectivity index (χ4v) is 2.63. The maximum absolute atomic E-state index is 13.3. The Hall–Kier alpha value is -0.450. The van der Waals surface area contributed by atoms with Crippen molar-refractivity contribution in [1.82, 2.24) is 0 Å². The van der Waals surface area contributed by atoms with Crippen molar-refractivity contribution in [2.75, 3.05) is 7.11 Å². The third-order valence-corrected chi connectivity index (χ3v) is 3.75. The van der Waals surface area contributed by atoms with Gasteiger partial charge in [-0.15, -0.1) is 0 Å². The predicted molar refractivity (Wildman–Crippen MR) is 46.4 cm³/mol. The molecular formula is C9H10ClF3O2. The molecule has 2 aliphatic carbocycles. The van der Waals surface area contributed by atoms with Crippen LogP contribution in [0, 0.1) is 17.8 Å². The minimum Gasteiger partial charge on any atom is -0.469 e. The number of rotatable bonds is 1. The molecule has 0 radical (unpaired) electrons. The molecule has 0 N–H and O–H groups in total. The quantitative estimate of drug-likeness (QED) is 0.521. The van der Waals surface area contributed by atoms with E-state index in [2.05, 4.69) is 4.74 Å². The number of esters is 1. The van der Waals surface area contributed by atoms with Gasteiger partial charge in [-0.2, -0.15) is 0 Å². The van der Waals surface area contributed by atoms with E-state index in [0.29, 0.717) is 0 Å². The standard InChI is InChI=1S/C9H10ClF3O2/c1-15-7(14)6-4-2-8(10,11)9(12,13)3-5(4)6/h4-6H,2-3H2,1H3/t4-,5+,6?,8-/m0/s1. The van der Waals surface area contributed by atoms with E-state index < -0.39 is 41.7 Å². The van der Waals surface area contributed by atoms with Crippen LogP contribution in [0.1, 0.15) is 12.8 Å². The SMILES string of the molecule is COC(=O)C1[C@H]2C[C@@](F)(Cl)C(F)(F)C[C@@H]12. The second kappa shape index (κ2) is 3.03. The molecule has 2 aliphatic rings. The van der Waals surface area contributed by atoms with E-state index >= 15 is 0 Å². The van der Waals surface area contributed by atoms with Crippen LogP contribution in [0.25, 0.3) is 0 Å². The fraction of sp³-hybridized carbons (Fsp3) is 0.889. The van der Waals surface area contributed by atoms with Crippen LogP contribution in [0.15, 0.2) is 0 Å². The monoisotopic (exact) mass is 242 g/mol. The van der Waals surface area contributed by atoms with Crippen LogP contribution in [0.2, 0.25) is 0 Å². The van der Waals surface area contributed by atoms with Gasteiger partial charge in [0.05, 0.1) is 13.0 Å². The zero-order chi connectivity index (χ0) is 11.4. The molecule has 86 valence electrons. The number of halogens is 4. The summed E-state index contributed by atoms with van der Waals surface area (Å²) in [6.07, 6.45) is -1.15. The summed E-state index contributed by atoms with van der Waals surface area (Å²) >= 11 is 5.13. The predicted octanol–water partition coefficient (Wildman–Crippen LogP) is 2.36. The molecule has 0 saturated heterocycles. The first-order chi connectivity index (χ1) is 6.80.